The predicted octanol–water partition coefficient (Wildman–Crippen LogP) is 2.99. The number of esters is 1. The molecule has 0 unspecified atom stereocenters. The van der Waals surface area contributed by atoms with E-state index in [9.17, 15) is 9.90 Å². The van der Waals surface area contributed by atoms with Crippen LogP contribution in [0.5, 0.6) is 11.5 Å². The van der Waals surface area contributed by atoms with E-state index in [-0.39, 0.29) is 5.75 Å². The number of ether oxygens (including phenoxy) is 2. The first kappa shape index (κ1) is 17.5. The molecule has 0 aliphatic carbocycles. The molecule has 1 atom stereocenters. The Morgan fingerprint density at radius 3 is 2.62 bits per heavy atom. The van der Waals surface area contributed by atoms with Crippen molar-refractivity contribution < 1.29 is 19.4 Å². The number of aliphatic imine (C=N–C) groups is 1. The Kier molecular flexibility index (Phi) is 6.37. The van der Waals surface area contributed by atoms with Crippen molar-refractivity contribution in [2.24, 2.45) is 4.99 Å². The van der Waals surface area contributed by atoms with Gasteiger partial charge in [-0.15, -0.1) is 0 Å². The zero-order valence-electron chi connectivity index (χ0n) is 13.8. The van der Waals surface area contributed by atoms with Crippen molar-refractivity contribution in [3.63, 3.8) is 0 Å². The van der Waals surface area contributed by atoms with Crippen molar-refractivity contribution in [1.29, 1.82) is 0 Å². The number of carbonyl (C=O) groups excluding carboxylic acids is 1. The lowest BCUT2D eigenvalue weighted by atomic mass is 10.1. The first-order chi connectivity index (χ1) is 11.7. The summed E-state index contributed by atoms with van der Waals surface area (Å²) in [5.41, 5.74) is 1.47. The molecule has 0 aliphatic rings. The summed E-state index contributed by atoms with van der Waals surface area (Å²) >= 11 is 0. The summed E-state index contributed by atoms with van der Waals surface area (Å²) in [6, 6.07) is 14.1. The van der Waals surface area contributed by atoms with Crippen LogP contribution in [0.3, 0.4) is 0 Å². The van der Waals surface area contributed by atoms with E-state index in [4.69, 9.17) is 9.47 Å². The number of aromatic hydroxyl groups is 1. The SMILES string of the molecule is CCOc1cccc(C=N[C@@H](Cc2ccccc2)C(=O)OC)c1O. The van der Waals surface area contributed by atoms with Crippen molar-refractivity contribution in [3.8, 4) is 11.5 Å². The maximum absolute atomic E-state index is 12.0. The molecular weight excluding hydrogens is 306 g/mol. The third-order valence-electron chi connectivity index (χ3n) is 3.47. The normalized spacial score (nSPS) is 12.1. The molecule has 2 aromatic rings. The van der Waals surface area contributed by atoms with Crippen molar-refractivity contribution in [2.75, 3.05) is 13.7 Å². The average molecular weight is 327 g/mol. The molecule has 1 N–H and O–H groups in total. The van der Waals surface area contributed by atoms with Gasteiger partial charge in [-0.1, -0.05) is 36.4 Å². The summed E-state index contributed by atoms with van der Waals surface area (Å²) in [6.45, 7) is 2.29. The summed E-state index contributed by atoms with van der Waals surface area (Å²) in [5, 5.41) is 10.2. The van der Waals surface area contributed by atoms with Crippen LogP contribution in [0.15, 0.2) is 53.5 Å². The Morgan fingerprint density at radius 1 is 1.21 bits per heavy atom. The topological polar surface area (TPSA) is 68.1 Å². The van der Waals surface area contributed by atoms with Crippen LogP contribution in [0.4, 0.5) is 0 Å². The molecular formula is C19H21NO4. The first-order valence-electron chi connectivity index (χ1n) is 7.75. The largest absolute Gasteiger partial charge is 0.504 e. The molecule has 0 bridgehead atoms. The average Bonchev–Trinajstić information content (AvgIpc) is 2.61. The molecule has 5 nitrogen and oxygen atoms in total. The Balaban J connectivity index is 2.21. The Hall–Kier alpha value is -2.82. The van der Waals surface area contributed by atoms with Crippen LogP contribution < -0.4 is 4.74 Å². The van der Waals surface area contributed by atoms with Gasteiger partial charge in [-0.3, -0.25) is 4.99 Å². The van der Waals surface area contributed by atoms with Gasteiger partial charge in [-0.05, 0) is 24.6 Å². The first-order valence-corrected chi connectivity index (χ1v) is 7.75. The summed E-state index contributed by atoms with van der Waals surface area (Å²) in [6.07, 6.45) is 1.90. The fourth-order valence-corrected chi connectivity index (χ4v) is 2.26. The van der Waals surface area contributed by atoms with Crippen LogP contribution in [0, 0.1) is 0 Å². The van der Waals surface area contributed by atoms with Gasteiger partial charge >= 0.3 is 5.97 Å². The molecule has 0 aliphatic heterocycles. The molecule has 0 fully saturated rings. The monoisotopic (exact) mass is 327 g/mol. The lowest BCUT2D eigenvalue weighted by Gasteiger charge is -2.11. The zero-order valence-corrected chi connectivity index (χ0v) is 13.8. The van der Waals surface area contributed by atoms with Gasteiger partial charge in [0.2, 0.25) is 0 Å². The highest BCUT2D eigenvalue weighted by atomic mass is 16.5. The number of rotatable bonds is 7. The van der Waals surface area contributed by atoms with Gasteiger partial charge in [0, 0.05) is 18.2 Å². The van der Waals surface area contributed by atoms with Crippen LogP contribution in [-0.2, 0) is 16.0 Å². The Morgan fingerprint density at radius 2 is 1.96 bits per heavy atom. The number of phenolic OH excluding ortho intramolecular Hbond substituents is 1. The molecule has 0 saturated heterocycles. The van der Waals surface area contributed by atoms with Crippen LogP contribution in [0.2, 0.25) is 0 Å². The minimum atomic E-state index is -0.674. The quantitative estimate of drug-likeness (QED) is 0.627. The van der Waals surface area contributed by atoms with Gasteiger partial charge in [0.15, 0.2) is 17.5 Å². The van der Waals surface area contributed by atoms with Crippen LogP contribution in [0.1, 0.15) is 18.1 Å². The smallest absolute Gasteiger partial charge is 0.330 e. The maximum Gasteiger partial charge on any atom is 0.330 e. The highest BCUT2D eigenvalue weighted by Crippen LogP contribution is 2.28. The number of benzene rings is 2. The molecule has 2 rings (SSSR count). The number of phenols is 1. The van der Waals surface area contributed by atoms with Gasteiger partial charge in [0.1, 0.15) is 0 Å². The fraction of sp³-hybridized carbons (Fsp3) is 0.263. The third-order valence-corrected chi connectivity index (χ3v) is 3.47. The van der Waals surface area contributed by atoms with Crippen molar-refractivity contribution in [1.82, 2.24) is 0 Å². The van der Waals surface area contributed by atoms with E-state index >= 15 is 0 Å². The maximum atomic E-state index is 12.0. The Labute approximate surface area is 141 Å². The molecule has 2 aromatic carbocycles. The highest BCUT2D eigenvalue weighted by molar-refractivity contribution is 5.87. The van der Waals surface area contributed by atoms with Gasteiger partial charge in [0.25, 0.3) is 0 Å². The van der Waals surface area contributed by atoms with Gasteiger partial charge in [-0.25, -0.2) is 4.79 Å². The van der Waals surface area contributed by atoms with E-state index in [2.05, 4.69) is 4.99 Å². The molecule has 0 heterocycles. The second-order valence-electron chi connectivity index (χ2n) is 5.13. The van der Waals surface area contributed by atoms with Crippen molar-refractivity contribution in [2.45, 2.75) is 19.4 Å². The highest BCUT2D eigenvalue weighted by Gasteiger charge is 2.18. The van der Waals surface area contributed by atoms with E-state index in [1.807, 2.05) is 37.3 Å². The standard InChI is InChI=1S/C19H21NO4/c1-3-24-17-11-7-10-15(18(17)21)13-20-16(19(22)23-2)12-14-8-5-4-6-9-14/h4-11,13,16,21H,3,12H2,1-2H3/t16-/m0/s1. The molecule has 0 amide bonds. The second-order valence-corrected chi connectivity index (χ2v) is 5.13. The number of hydrogen-bond acceptors (Lipinski definition) is 5. The number of nitrogens with zero attached hydrogens (tertiary/aromatic N) is 1. The van der Waals surface area contributed by atoms with Gasteiger partial charge < -0.3 is 14.6 Å². The van der Waals surface area contributed by atoms with E-state index in [1.54, 1.807) is 18.2 Å². The molecule has 0 spiro atoms. The number of para-hydroxylation sites is 1. The summed E-state index contributed by atoms with van der Waals surface area (Å²) in [4.78, 5) is 16.3. The molecule has 126 valence electrons. The van der Waals surface area contributed by atoms with Crippen LogP contribution in [0.25, 0.3) is 0 Å². The van der Waals surface area contributed by atoms with Gasteiger partial charge in [-0.2, -0.15) is 0 Å². The van der Waals surface area contributed by atoms with Crippen LogP contribution >= 0.6 is 0 Å². The third kappa shape index (κ3) is 4.59. The van der Waals surface area contributed by atoms with E-state index in [0.717, 1.165) is 5.56 Å². The second kappa shape index (κ2) is 8.72. The fourth-order valence-electron chi connectivity index (χ4n) is 2.26. The summed E-state index contributed by atoms with van der Waals surface area (Å²) in [7, 11) is 1.34. The van der Waals surface area contributed by atoms with Crippen molar-refractivity contribution in [3.05, 3.63) is 59.7 Å². The minimum Gasteiger partial charge on any atom is -0.504 e. The molecule has 0 saturated carbocycles. The van der Waals surface area contributed by atoms with E-state index in [1.165, 1.54) is 13.3 Å². The zero-order chi connectivity index (χ0) is 17.4. The lowest BCUT2D eigenvalue weighted by molar-refractivity contribution is -0.142. The number of carbonyl (C=O) groups is 1. The van der Waals surface area contributed by atoms with Crippen LogP contribution in [-0.4, -0.2) is 37.0 Å². The molecule has 0 radical (unpaired) electrons. The Bertz CT molecular complexity index is 698. The summed E-state index contributed by atoms with van der Waals surface area (Å²) < 4.78 is 10.2. The van der Waals surface area contributed by atoms with E-state index < -0.39 is 12.0 Å². The van der Waals surface area contributed by atoms with E-state index in [0.29, 0.717) is 24.3 Å². The molecule has 24 heavy (non-hydrogen) atoms. The molecule has 5 heteroatoms. The lowest BCUT2D eigenvalue weighted by Crippen LogP contribution is -2.23. The number of methoxy groups -OCH3 is 1. The number of hydrogen-bond donors (Lipinski definition) is 1. The summed E-state index contributed by atoms with van der Waals surface area (Å²) in [5.74, 6) is -0.0268. The predicted molar refractivity (Wildman–Crippen MR) is 92.8 cm³/mol. The minimum absolute atomic E-state index is 0.00595. The molecule has 0 aromatic heterocycles. The van der Waals surface area contributed by atoms with Crippen molar-refractivity contribution >= 4 is 12.2 Å². The van der Waals surface area contributed by atoms with Gasteiger partial charge in [0.05, 0.1) is 13.7 Å².